The van der Waals surface area contributed by atoms with Gasteiger partial charge in [-0.25, -0.2) is 0 Å². The van der Waals surface area contributed by atoms with Crippen molar-refractivity contribution in [3.05, 3.63) is 41.1 Å². The van der Waals surface area contributed by atoms with E-state index < -0.39 is 0 Å². The van der Waals surface area contributed by atoms with Crippen molar-refractivity contribution in [3.8, 4) is 0 Å². The molecular formula is C17H26N4. The summed E-state index contributed by atoms with van der Waals surface area (Å²) in [6, 6.07) is 8.58. The highest BCUT2D eigenvalue weighted by molar-refractivity contribution is 5.66. The summed E-state index contributed by atoms with van der Waals surface area (Å²) in [6.07, 6.45) is 1.84. The van der Waals surface area contributed by atoms with Crippen LogP contribution in [0, 0.1) is 13.8 Å². The van der Waals surface area contributed by atoms with E-state index in [-0.39, 0.29) is 6.04 Å². The molecule has 0 aliphatic rings. The molecule has 1 unspecified atom stereocenters. The molecule has 1 heterocycles. The summed E-state index contributed by atoms with van der Waals surface area (Å²) in [6.45, 7) is 6.32. The Bertz CT molecular complexity index is 615. The van der Waals surface area contributed by atoms with Gasteiger partial charge in [-0.15, -0.1) is 0 Å². The molecule has 2 aromatic rings. The van der Waals surface area contributed by atoms with E-state index in [1.807, 2.05) is 11.7 Å². The van der Waals surface area contributed by atoms with Crippen LogP contribution in [0.4, 0.5) is 11.5 Å². The molecule has 0 spiro atoms. The molecule has 2 rings (SSSR count). The zero-order valence-electron chi connectivity index (χ0n) is 13.7. The Morgan fingerprint density at radius 1 is 1.29 bits per heavy atom. The highest BCUT2D eigenvalue weighted by Crippen LogP contribution is 2.31. The number of para-hydroxylation sites is 1. The monoisotopic (exact) mass is 286 g/mol. The lowest BCUT2D eigenvalue weighted by atomic mass is 10.0. The minimum atomic E-state index is 0.178. The second-order valence-electron chi connectivity index (χ2n) is 5.73. The molecule has 0 aliphatic carbocycles. The van der Waals surface area contributed by atoms with Gasteiger partial charge in [-0.1, -0.05) is 25.1 Å². The lowest BCUT2D eigenvalue weighted by molar-refractivity contribution is 0.644. The van der Waals surface area contributed by atoms with Gasteiger partial charge in [0, 0.05) is 31.4 Å². The molecule has 0 radical (unpaired) electrons. The average Bonchev–Trinajstić information content (AvgIpc) is 2.73. The van der Waals surface area contributed by atoms with Crippen molar-refractivity contribution in [1.82, 2.24) is 9.78 Å². The van der Waals surface area contributed by atoms with Crippen molar-refractivity contribution in [2.45, 2.75) is 39.7 Å². The maximum Gasteiger partial charge on any atom is 0.134 e. The number of benzene rings is 1. The molecule has 0 saturated heterocycles. The van der Waals surface area contributed by atoms with E-state index in [9.17, 15) is 0 Å². The second kappa shape index (κ2) is 6.31. The van der Waals surface area contributed by atoms with Crippen LogP contribution in [-0.4, -0.2) is 22.9 Å². The van der Waals surface area contributed by atoms with Crippen LogP contribution in [0.25, 0.3) is 0 Å². The minimum absolute atomic E-state index is 0.178. The third kappa shape index (κ3) is 3.10. The molecule has 0 bridgehead atoms. The summed E-state index contributed by atoms with van der Waals surface area (Å²) in [5.41, 5.74) is 10.9. The molecule has 0 fully saturated rings. The van der Waals surface area contributed by atoms with Gasteiger partial charge in [0.15, 0.2) is 0 Å². The molecule has 4 nitrogen and oxygen atoms in total. The van der Waals surface area contributed by atoms with E-state index in [4.69, 9.17) is 5.73 Å². The van der Waals surface area contributed by atoms with Crippen LogP contribution in [-0.2, 0) is 13.5 Å². The maximum atomic E-state index is 6.17. The first-order chi connectivity index (χ1) is 9.95. The van der Waals surface area contributed by atoms with Crippen LogP contribution in [0.2, 0.25) is 0 Å². The first-order valence-electron chi connectivity index (χ1n) is 7.53. The van der Waals surface area contributed by atoms with Crippen molar-refractivity contribution in [3.63, 3.8) is 0 Å². The zero-order chi connectivity index (χ0) is 15.6. The summed E-state index contributed by atoms with van der Waals surface area (Å²) in [7, 11) is 4.10. The minimum Gasteiger partial charge on any atom is -0.329 e. The quantitative estimate of drug-likeness (QED) is 0.919. The van der Waals surface area contributed by atoms with Gasteiger partial charge < -0.3 is 10.6 Å². The summed E-state index contributed by atoms with van der Waals surface area (Å²) < 4.78 is 1.96. The van der Waals surface area contributed by atoms with Gasteiger partial charge in [-0.05, 0) is 38.3 Å². The standard InChI is InChI=1S/C17H26N4/c1-6-14(18)11-15-13(3)19-21(5)17(15)20(4)16-10-8-7-9-12(16)2/h7-10,14H,6,11,18H2,1-5H3. The molecule has 21 heavy (non-hydrogen) atoms. The number of rotatable bonds is 5. The summed E-state index contributed by atoms with van der Waals surface area (Å²) in [4.78, 5) is 2.22. The van der Waals surface area contributed by atoms with Gasteiger partial charge in [0.05, 0.1) is 5.69 Å². The van der Waals surface area contributed by atoms with E-state index in [0.29, 0.717) is 0 Å². The Hall–Kier alpha value is -1.81. The van der Waals surface area contributed by atoms with Gasteiger partial charge in [0.2, 0.25) is 0 Å². The summed E-state index contributed by atoms with van der Waals surface area (Å²) in [5, 5.41) is 4.59. The van der Waals surface area contributed by atoms with E-state index in [0.717, 1.165) is 24.4 Å². The van der Waals surface area contributed by atoms with E-state index in [1.165, 1.54) is 16.8 Å². The third-order valence-corrected chi connectivity index (χ3v) is 4.10. The normalized spacial score (nSPS) is 12.5. The third-order valence-electron chi connectivity index (χ3n) is 4.10. The van der Waals surface area contributed by atoms with E-state index in [1.54, 1.807) is 0 Å². The van der Waals surface area contributed by atoms with Crippen LogP contribution < -0.4 is 10.6 Å². The number of aryl methyl sites for hydroxylation is 3. The lowest BCUT2D eigenvalue weighted by Gasteiger charge is -2.23. The van der Waals surface area contributed by atoms with Gasteiger partial charge >= 0.3 is 0 Å². The van der Waals surface area contributed by atoms with Gasteiger partial charge in [0.1, 0.15) is 5.82 Å². The average molecular weight is 286 g/mol. The fourth-order valence-corrected chi connectivity index (χ4v) is 2.81. The van der Waals surface area contributed by atoms with Crippen LogP contribution in [0.5, 0.6) is 0 Å². The molecule has 0 aliphatic heterocycles. The van der Waals surface area contributed by atoms with E-state index >= 15 is 0 Å². The first-order valence-corrected chi connectivity index (χ1v) is 7.53. The largest absolute Gasteiger partial charge is 0.329 e. The molecule has 1 aromatic heterocycles. The zero-order valence-corrected chi connectivity index (χ0v) is 13.7. The fraction of sp³-hybridized carbons (Fsp3) is 0.471. The number of hydrogen-bond acceptors (Lipinski definition) is 3. The van der Waals surface area contributed by atoms with Gasteiger partial charge in [0.25, 0.3) is 0 Å². The second-order valence-corrected chi connectivity index (χ2v) is 5.73. The van der Waals surface area contributed by atoms with Crippen molar-refractivity contribution in [2.75, 3.05) is 11.9 Å². The molecule has 114 valence electrons. The van der Waals surface area contributed by atoms with Crippen molar-refractivity contribution >= 4 is 11.5 Å². The number of nitrogens with zero attached hydrogens (tertiary/aromatic N) is 3. The van der Waals surface area contributed by atoms with E-state index in [2.05, 4.69) is 62.1 Å². The highest BCUT2D eigenvalue weighted by Gasteiger charge is 2.20. The van der Waals surface area contributed by atoms with Gasteiger partial charge in [-0.3, -0.25) is 4.68 Å². The van der Waals surface area contributed by atoms with Crippen LogP contribution in [0.3, 0.4) is 0 Å². The fourth-order valence-electron chi connectivity index (χ4n) is 2.81. The Morgan fingerprint density at radius 2 is 1.95 bits per heavy atom. The highest BCUT2D eigenvalue weighted by atomic mass is 15.4. The smallest absolute Gasteiger partial charge is 0.134 e. The molecule has 0 amide bonds. The number of anilines is 2. The number of nitrogens with two attached hydrogens (primary N) is 1. The van der Waals surface area contributed by atoms with Gasteiger partial charge in [-0.2, -0.15) is 5.10 Å². The predicted molar refractivity (Wildman–Crippen MR) is 89.2 cm³/mol. The topological polar surface area (TPSA) is 47.1 Å². The Kier molecular flexibility index (Phi) is 4.68. The molecule has 4 heteroatoms. The lowest BCUT2D eigenvalue weighted by Crippen LogP contribution is -2.23. The van der Waals surface area contributed by atoms with Crippen molar-refractivity contribution in [2.24, 2.45) is 12.8 Å². The molecule has 1 atom stereocenters. The molecule has 1 aromatic carbocycles. The maximum absolute atomic E-state index is 6.17. The van der Waals surface area contributed by atoms with Crippen LogP contribution >= 0.6 is 0 Å². The summed E-state index contributed by atoms with van der Waals surface area (Å²) in [5.74, 6) is 1.13. The predicted octanol–water partition coefficient (Wildman–Crippen LogP) is 3.08. The molecule has 0 saturated carbocycles. The number of hydrogen-bond donors (Lipinski definition) is 1. The van der Waals surface area contributed by atoms with Crippen molar-refractivity contribution < 1.29 is 0 Å². The molecule has 2 N–H and O–H groups in total. The molecular weight excluding hydrogens is 260 g/mol. The number of aromatic nitrogens is 2. The Balaban J connectivity index is 2.45. The summed E-state index contributed by atoms with van der Waals surface area (Å²) >= 11 is 0. The van der Waals surface area contributed by atoms with Crippen LogP contribution in [0.1, 0.15) is 30.2 Å². The van der Waals surface area contributed by atoms with Crippen molar-refractivity contribution in [1.29, 1.82) is 0 Å². The SMILES string of the molecule is CCC(N)Cc1c(C)nn(C)c1N(C)c1ccccc1C. The Labute approximate surface area is 127 Å². The van der Waals surface area contributed by atoms with Crippen LogP contribution in [0.15, 0.2) is 24.3 Å². The first kappa shape index (κ1) is 15.6. The Morgan fingerprint density at radius 3 is 2.57 bits per heavy atom.